The Bertz CT molecular complexity index is 1510. The molecule has 0 N–H and O–H groups in total. The quantitative estimate of drug-likeness (QED) is 0.249. The second-order valence-corrected chi connectivity index (χ2v) is 8.26. The smallest absolute Gasteiger partial charge is 0.248 e. The molecule has 4 aromatic carbocycles. The summed E-state index contributed by atoms with van der Waals surface area (Å²) in [6, 6.07) is 42.6. The third-order valence-corrected chi connectivity index (χ3v) is 5.92. The lowest BCUT2D eigenvalue weighted by Gasteiger charge is -2.25. The summed E-state index contributed by atoms with van der Waals surface area (Å²) in [5, 5.41) is 8.57. The SMILES string of the molecule is c1ccc(N(c2ccccc2)c2ccc(-c3nnc(-c4ccc(-c5ccccn5)cc4)o3)cc2)cc1. The van der Waals surface area contributed by atoms with Crippen LogP contribution >= 0.6 is 0 Å². The molecular weight excluding hydrogens is 444 g/mol. The third-order valence-electron chi connectivity index (χ3n) is 5.92. The molecule has 0 saturated carbocycles. The number of nitrogens with zero attached hydrogens (tertiary/aromatic N) is 4. The van der Waals surface area contributed by atoms with Gasteiger partial charge in [0.25, 0.3) is 0 Å². The van der Waals surface area contributed by atoms with Crippen molar-refractivity contribution in [1.29, 1.82) is 0 Å². The summed E-state index contributed by atoms with van der Waals surface area (Å²) in [5.41, 5.74) is 6.91. The molecule has 0 radical (unpaired) electrons. The normalized spacial score (nSPS) is 10.8. The molecule has 5 nitrogen and oxygen atoms in total. The van der Waals surface area contributed by atoms with E-state index in [1.165, 1.54) is 0 Å². The van der Waals surface area contributed by atoms with Crippen LogP contribution in [0.3, 0.4) is 0 Å². The molecule has 6 rings (SSSR count). The summed E-state index contributed by atoms with van der Waals surface area (Å²) in [4.78, 5) is 6.61. The molecule has 5 heteroatoms. The van der Waals surface area contributed by atoms with Gasteiger partial charge in [-0.05, 0) is 72.8 Å². The first kappa shape index (κ1) is 21.5. The maximum absolute atomic E-state index is 6.02. The highest BCUT2D eigenvalue weighted by atomic mass is 16.4. The van der Waals surface area contributed by atoms with Gasteiger partial charge >= 0.3 is 0 Å². The van der Waals surface area contributed by atoms with E-state index >= 15 is 0 Å². The number of benzene rings is 4. The van der Waals surface area contributed by atoms with Crippen molar-refractivity contribution >= 4 is 17.1 Å². The van der Waals surface area contributed by atoms with Crippen LogP contribution in [0.15, 0.2) is 138 Å². The molecule has 172 valence electrons. The van der Waals surface area contributed by atoms with E-state index in [1.807, 2.05) is 91.0 Å². The Balaban J connectivity index is 1.26. The van der Waals surface area contributed by atoms with E-state index in [1.54, 1.807) is 6.20 Å². The summed E-state index contributed by atoms with van der Waals surface area (Å²) < 4.78 is 6.02. The van der Waals surface area contributed by atoms with E-state index < -0.39 is 0 Å². The van der Waals surface area contributed by atoms with Crippen molar-refractivity contribution < 1.29 is 4.42 Å². The molecule has 0 spiro atoms. The van der Waals surface area contributed by atoms with Gasteiger partial charge < -0.3 is 9.32 Å². The van der Waals surface area contributed by atoms with Crippen molar-refractivity contribution in [2.24, 2.45) is 0 Å². The molecule has 2 aromatic heterocycles. The molecule has 0 aliphatic heterocycles. The predicted molar refractivity (Wildman–Crippen MR) is 143 cm³/mol. The van der Waals surface area contributed by atoms with Gasteiger partial charge in [-0.3, -0.25) is 4.98 Å². The summed E-state index contributed by atoms with van der Waals surface area (Å²) in [5.74, 6) is 0.966. The van der Waals surface area contributed by atoms with Gasteiger partial charge in [0.05, 0.1) is 5.69 Å². The second-order valence-electron chi connectivity index (χ2n) is 8.26. The number of rotatable bonds is 6. The summed E-state index contributed by atoms with van der Waals surface area (Å²) in [7, 11) is 0. The lowest BCUT2D eigenvalue weighted by molar-refractivity contribution is 0.584. The average Bonchev–Trinajstić information content (AvgIpc) is 3.46. The molecule has 0 fully saturated rings. The summed E-state index contributed by atoms with van der Waals surface area (Å²) in [6.45, 7) is 0. The van der Waals surface area contributed by atoms with Crippen LogP contribution in [0.25, 0.3) is 34.2 Å². The fourth-order valence-corrected chi connectivity index (χ4v) is 4.13. The lowest BCUT2D eigenvalue weighted by Crippen LogP contribution is -2.09. The number of aromatic nitrogens is 3. The van der Waals surface area contributed by atoms with Crippen molar-refractivity contribution in [3.05, 3.63) is 134 Å². The molecule has 0 aliphatic rings. The van der Waals surface area contributed by atoms with Crippen LogP contribution in [0.4, 0.5) is 17.1 Å². The molecule has 0 unspecified atom stereocenters. The molecule has 0 aliphatic carbocycles. The Hall–Kier alpha value is -5.03. The first-order chi connectivity index (χ1) is 17.8. The Labute approximate surface area is 209 Å². The molecule has 0 bridgehead atoms. The maximum atomic E-state index is 6.02. The number of anilines is 3. The highest BCUT2D eigenvalue weighted by Gasteiger charge is 2.14. The number of hydrogen-bond donors (Lipinski definition) is 0. The Morgan fingerprint density at radius 3 is 1.44 bits per heavy atom. The standard InChI is InChI=1S/C31H22N4O/c1-3-9-26(10-4-1)35(27-11-5-2-6-12-27)28-20-18-25(19-21-28)31-34-33-30(36-31)24-16-14-23(15-17-24)29-13-7-8-22-32-29/h1-22H. The molecular formula is C31H22N4O. The van der Waals surface area contributed by atoms with Gasteiger partial charge in [-0.1, -0.05) is 54.6 Å². The van der Waals surface area contributed by atoms with E-state index in [0.717, 1.165) is 39.4 Å². The van der Waals surface area contributed by atoms with Crippen LogP contribution in [0.1, 0.15) is 0 Å². The summed E-state index contributed by atoms with van der Waals surface area (Å²) >= 11 is 0. The van der Waals surface area contributed by atoms with E-state index in [2.05, 4.69) is 56.5 Å². The van der Waals surface area contributed by atoms with Crippen LogP contribution in [-0.2, 0) is 0 Å². The van der Waals surface area contributed by atoms with Gasteiger partial charge in [0.1, 0.15) is 0 Å². The van der Waals surface area contributed by atoms with Crippen LogP contribution in [-0.4, -0.2) is 15.2 Å². The largest absolute Gasteiger partial charge is 0.416 e. The minimum Gasteiger partial charge on any atom is -0.416 e. The van der Waals surface area contributed by atoms with E-state index in [-0.39, 0.29) is 0 Å². The minimum absolute atomic E-state index is 0.483. The molecule has 2 heterocycles. The zero-order valence-corrected chi connectivity index (χ0v) is 19.4. The topological polar surface area (TPSA) is 55.1 Å². The zero-order chi connectivity index (χ0) is 24.2. The Morgan fingerprint density at radius 2 is 0.917 bits per heavy atom. The average molecular weight is 467 g/mol. The van der Waals surface area contributed by atoms with E-state index in [4.69, 9.17) is 4.42 Å². The second kappa shape index (κ2) is 9.68. The first-order valence-electron chi connectivity index (χ1n) is 11.7. The van der Waals surface area contributed by atoms with E-state index in [9.17, 15) is 0 Å². The minimum atomic E-state index is 0.483. The van der Waals surface area contributed by atoms with Crippen LogP contribution in [0.5, 0.6) is 0 Å². The molecule has 0 atom stereocenters. The van der Waals surface area contributed by atoms with Gasteiger partial charge in [-0.15, -0.1) is 10.2 Å². The first-order valence-corrected chi connectivity index (χ1v) is 11.7. The third kappa shape index (κ3) is 4.38. The van der Waals surface area contributed by atoms with Gasteiger partial charge in [0.2, 0.25) is 11.8 Å². The fourth-order valence-electron chi connectivity index (χ4n) is 4.13. The highest BCUT2D eigenvalue weighted by Crippen LogP contribution is 2.35. The monoisotopic (exact) mass is 466 g/mol. The predicted octanol–water partition coefficient (Wildman–Crippen LogP) is 7.94. The molecule has 0 saturated heterocycles. The Kier molecular flexibility index (Phi) is 5.78. The van der Waals surface area contributed by atoms with Gasteiger partial charge in [-0.25, -0.2) is 0 Å². The zero-order valence-electron chi connectivity index (χ0n) is 19.4. The van der Waals surface area contributed by atoms with Crippen LogP contribution in [0, 0.1) is 0 Å². The van der Waals surface area contributed by atoms with Crippen molar-refractivity contribution in [3.8, 4) is 34.2 Å². The lowest BCUT2D eigenvalue weighted by atomic mass is 10.1. The number of pyridine rings is 1. The van der Waals surface area contributed by atoms with Crippen LogP contribution < -0.4 is 4.90 Å². The van der Waals surface area contributed by atoms with Crippen molar-refractivity contribution in [2.45, 2.75) is 0 Å². The van der Waals surface area contributed by atoms with Gasteiger partial charge in [0.15, 0.2) is 0 Å². The van der Waals surface area contributed by atoms with Crippen molar-refractivity contribution in [1.82, 2.24) is 15.2 Å². The number of hydrogen-bond acceptors (Lipinski definition) is 5. The Morgan fingerprint density at radius 1 is 0.444 bits per heavy atom. The molecule has 6 aromatic rings. The van der Waals surface area contributed by atoms with Gasteiger partial charge in [0, 0.05) is 39.9 Å². The van der Waals surface area contributed by atoms with Crippen molar-refractivity contribution in [3.63, 3.8) is 0 Å². The summed E-state index contributed by atoms with van der Waals surface area (Å²) in [6.07, 6.45) is 1.79. The van der Waals surface area contributed by atoms with Crippen LogP contribution in [0.2, 0.25) is 0 Å². The van der Waals surface area contributed by atoms with Gasteiger partial charge in [-0.2, -0.15) is 0 Å². The molecule has 0 amide bonds. The fraction of sp³-hybridized carbons (Fsp3) is 0. The molecule has 36 heavy (non-hydrogen) atoms. The number of para-hydroxylation sites is 2. The highest BCUT2D eigenvalue weighted by molar-refractivity contribution is 5.77. The van der Waals surface area contributed by atoms with E-state index in [0.29, 0.717) is 11.8 Å². The maximum Gasteiger partial charge on any atom is 0.248 e. The van der Waals surface area contributed by atoms with Crippen molar-refractivity contribution in [2.75, 3.05) is 4.90 Å².